The largest absolute Gasteiger partial charge is 0.0651 e. The molecule has 2 aliphatic rings. The van der Waals surface area contributed by atoms with Crippen molar-refractivity contribution in [1.82, 2.24) is 0 Å². The van der Waals surface area contributed by atoms with Crippen molar-refractivity contribution in [3.63, 3.8) is 0 Å². The van der Waals surface area contributed by atoms with Gasteiger partial charge in [-0.2, -0.15) is 0 Å². The molecule has 2 aliphatic carbocycles. The van der Waals surface area contributed by atoms with E-state index >= 15 is 0 Å². The van der Waals surface area contributed by atoms with Gasteiger partial charge in [-0.05, 0) is 23.1 Å². The first-order chi connectivity index (χ1) is 5.40. The van der Waals surface area contributed by atoms with Crippen molar-refractivity contribution in [2.75, 3.05) is 0 Å². The Morgan fingerprint density at radius 1 is 1.18 bits per heavy atom. The monoisotopic (exact) mass is 144 g/mol. The molecule has 2 rings (SSSR count). The van der Waals surface area contributed by atoms with Gasteiger partial charge in [-0.3, -0.25) is 0 Å². The van der Waals surface area contributed by atoms with Gasteiger partial charge >= 0.3 is 0 Å². The van der Waals surface area contributed by atoms with Gasteiger partial charge in [0.1, 0.15) is 0 Å². The van der Waals surface area contributed by atoms with E-state index in [-0.39, 0.29) is 0 Å². The van der Waals surface area contributed by atoms with E-state index in [1.807, 2.05) is 0 Å². The fourth-order valence-electron chi connectivity index (χ4n) is 1.58. The SMILES string of the molecule is CCCC1=CC2=CC=CC2=C1. The van der Waals surface area contributed by atoms with Crippen LogP contribution in [0.5, 0.6) is 0 Å². The molecule has 0 N–H and O–H groups in total. The highest BCUT2D eigenvalue weighted by Gasteiger charge is 2.10. The molecule has 0 saturated heterocycles. The number of allylic oxidation sites excluding steroid dienone is 8. The highest BCUT2D eigenvalue weighted by molar-refractivity contribution is 5.62. The van der Waals surface area contributed by atoms with Crippen molar-refractivity contribution in [3.8, 4) is 0 Å². The average Bonchev–Trinajstić information content (AvgIpc) is 2.46. The topological polar surface area (TPSA) is 0 Å². The Morgan fingerprint density at radius 3 is 2.82 bits per heavy atom. The van der Waals surface area contributed by atoms with Gasteiger partial charge in [0, 0.05) is 0 Å². The number of fused-ring (bicyclic) bond motifs is 1. The Balaban J connectivity index is 2.20. The van der Waals surface area contributed by atoms with E-state index in [4.69, 9.17) is 0 Å². The lowest BCUT2D eigenvalue weighted by atomic mass is 10.1. The van der Waals surface area contributed by atoms with Crippen LogP contribution in [0.4, 0.5) is 0 Å². The molecule has 0 nitrogen and oxygen atoms in total. The van der Waals surface area contributed by atoms with Crippen LogP contribution in [0, 0.1) is 0 Å². The van der Waals surface area contributed by atoms with E-state index in [2.05, 4.69) is 37.3 Å². The second kappa shape index (κ2) is 2.54. The molecule has 0 radical (unpaired) electrons. The molecule has 0 amide bonds. The molecule has 0 aromatic rings. The van der Waals surface area contributed by atoms with E-state index in [0.717, 1.165) is 0 Å². The summed E-state index contributed by atoms with van der Waals surface area (Å²) in [5, 5.41) is 0. The van der Waals surface area contributed by atoms with Gasteiger partial charge in [-0.25, -0.2) is 0 Å². The molecule has 0 fully saturated rings. The fourth-order valence-corrected chi connectivity index (χ4v) is 1.58. The zero-order valence-corrected chi connectivity index (χ0v) is 6.80. The van der Waals surface area contributed by atoms with Crippen LogP contribution in [-0.2, 0) is 0 Å². The summed E-state index contributed by atoms with van der Waals surface area (Å²) in [5.74, 6) is 0. The lowest BCUT2D eigenvalue weighted by Gasteiger charge is -1.91. The molecule has 0 bridgehead atoms. The summed E-state index contributed by atoms with van der Waals surface area (Å²) < 4.78 is 0. The van der Waals surface area contributed by atoms with E-state index in [9.17, 15) is 0 Å². The van der Waals surface area contributed by atoms with Crippen LogP contribution in [0.2, 0.25) is 0 Å². The summed E-state index contributed by atoms with van der Waals surface area (Å²) in [6.45, 7) is 2.22. The number of hydrogen-bond acceptors (Lipinski definition) is 0. The summed E-state index contributed by atoms with van der Waals surface area (Å²) in [6, 6.07) is 0. The molecule has 0 aliphatic heterocycles. The van der Waals surface area contributed by atoms with Gasteiger partial charge in [0.2, 0.25) is 0 Å². The predicted octanol–water partition coefficient (Wildman–Crippen LogP) is 3.15. The van der Waals surface area contributed by atoms with Gasteiger partial charge in [0.05, 0.1) is 0 Å². The van der Waals surface area contributed by atoms with E-state index in [1.165, 1.54) is 29.6 Å². The lowest BCUT2D eigenvalue weighted by molar-refractivity contribution is 0.929. The maximum absolute atomic E-state index is 2.29. The van der Waals surface area contributed by atoms with Crippen LogP contribution in [0.25, 0.3) is 0 Å². The number of hydrogen-bond donors (Lipinski definition) is 0. The van der Waals surface area contributed by atoms with Crippen LogP contribution < -0.4 is 0 Å². The van der Waals surface area contributed by atoms with Crippen LogP contribution in [0.3, 0.4) is 0 Å². The van der Waals surface area contributed by atoms with Gasteiger partial charge < -0.3 is 0 Å². The second-order valence-corrected chi connectivity index (χ2v) is 3.05. The van der Waals surface area contributed by atoms with Crippen LogP contribution in [0.1, 0.15) is 19.8 Å². The molecule has 0 spiro atoms. The molecule has 56 valence electrons. The molecule has 11 heavy (non-hydrogen) atoms. The van der Waals surface area contributed by atoms with Crippen molar-refractivity contribution in [1.29, 1.82) is 0 Å². The maximum atomic E-state index is 2.29. The highest BCUT2D eigenvalue weighted by atomic mass is 14.2. The Kier molecular flexibility index (Phi) is 1.54. The second-order valence-electron chi connectivity index (χ2n) is 3.05. The standard InChI is InChI=1S/C11H12/c1-2-4-9-7-10-5-3-6-11(10)8-9/h3,5-8H,2,4H2,1H3. The number of rotatable bonds is 2. The minimum absolute atomic E-state index is 1.22. The van der Waals surface area contributed by atoms with Crippen molar-refractivity contribution in [2.24, 2.45) is 0 Å². The smallest absolute Gasteiger partial charge is 0.0181 e. The van der Waals surface area contributed by atoms with Gasteiger partial charge in [-0.15, -0.1) is 0 Å². The van der Waals surface area contributed by atoms with Crippen LogP contribution in [-0.4, -0.2) is 0 Å². The third-order valence-corrected chi connectivity index (χ3v) is 2.11. The summed E-state index contributed by atoms with van der Waals surface area (Å²) in [6.07, 6.45) is 13.5. The third-order valence-electron chi connectivity index (χ3n) is 2.11. The zero-order valence-electron chi connectivity index (χ0n) is 6.80. The first kappa shape index (κ1) is 6.66. The predicted molar refractivity (Wildman–Crippen MR) is 48.3 cm³/mol. The van der Waals surface area contributed by atoms with Gasteiger partial charge in [0.25, 0.3) is 0 Å². The van der Waals surface area contributed by atoms with Crippen molar-refractivity contribution in [2.45, 2.75) is 19.8 Å². The molecule has 0 heteroatoms. The minimum atomic E-state index is 1.22. The Morgan fingerprint density at radius 2 is 2.09 bits per heavy atom. The molecule has 0 atom stereocenters. The first-order valence-electron chi connectivity index (χ1n) is 4.21. The normalized spacial score (nSPS) is 19.5. The van der Waals surface area contributed by atoms with Gasteiger partial charge in [-0.1, -0.05) is 43.7 Å². The first-order valence-corrected chi connectivity index (χ1v) is 4.21. The van der Waals surface area contributed by atoms with E-state index in [1.54, 1.807) is 0 Å². The van der Waals surface area contributed by atoms with E-state index in [0.29, 0.717) is 0 Å². The van der Waals surface area contributed by atoms with Crippen LogP contribution >= 0.6 is 0 Å². The fraction of sp³-hybridized carbons (Fsp3) is 0.273. The Bertz CT molecular complexity index is 285. The Labute approximate surface area is 67.6 Å². The van der Waals surface area contributed by atoms with Crippen molar-refractivity contribution in [3.05, 3.63) is 47.1 Å². The molecular weight excluding hydrogens is 132 g/mol. The molecule has 0 saturated carbocycles. The van der Waals surface area contributed by atoms with Gasteiger partial charge in [0.15, 0.2) is 0 Å². The third kappa shape index (κ3) is 1.09. The van der Waals surface area contributed by atoms with Crippen molar-refractivity contribution >= 4 is 0 Å². The quantitative estimate of drug-likeness (QED) is 0.558. The zero-order chi connectivity index (χ0) is 7.68. The maximum Gasteiger partial charge on any atom is -0.0181 e. The summed E-state index contributed by atoms with van der Waals surface area (Å²) in [4.78, 5) is 0. The molecule has 0 aromatic carbocycles. The van der Waals surface area contributed by atoms with E-state index < -0.39 is 0 Å². The molecule has 0 aromatic heterocycles. The molecule has 0 heterocycles. The molecule has 0 unspecified atom stereocenters. The highest BCUT2D eigenvalue weighted by Crippen LogP contribution is 2.30. The summed E-state index contributed by atoms with van der Waals surface area (Å²) in [7, 11) is 0. The lowest BCUT2D eigenvalue weighted by Crippen LogP contribution is -1.71. The summed E-state index contributed by atoms with van der Waals surface area (Å²) in [5.41, 5.74) is 4.28. The average molecular weight is 144 g/mol. The minimum Gasteiger partial charge on any atom is -0.0651 e. The Hall–Kier alpha value is -1.04. The van der Waals surface area contributed by atoms with Crippen molar-refractivity contribution < 1.29 is 0 Å². The molecular formula is C11H12. The van der Waals surface area contributed by atoms with Crippen LogP contribution in [0.15, 0.2) is 47.1 Å². The summed E-state index contributed by atoms with van der Waals surface area (Å²) >= 11 is 0.